The number of esters is 1. The summed E-state index contributed by atoms with van der Waals surface area (Å²) in [5.74, 6) is -0.724. The highest BCUT2D eigenvalue weighted by Gasteiger charge is 2.32. The molecule has 1 atom stereocenters. The summed E-state index contributed by atoms with van der Waals surface area (Å²) in [7, 11) is 0. The van der Waals surface area contributed by atoms with E-state index in [2.05, 4.69) is 4.98 Å². The van der Waals surface area contributed by atoms with E-state index in [0.29, 0.717) is 12.1 Å². The van der Waals surface area contributed by atoms with Gasteiger partial charge in [-0.2, -0.15) is 0 Å². The Morgan fingerprint density at radius 3 is 3.05 bits per heavy atom. The fourth-order valence-electron chi connectivity index (χ4n) is 1.95. The van der Waals surface area contributed by atoms with Crippen molar-refractivity contribution in [2.24, 2.45) is 5.73 Å². The molecule has 1 aromatic rings. The molecule has 2 heterocycles. The fourth-order valence-corrected chi connectivity index (χ4v) is 1.95. The summed E-state index contributed by atoms with van der Waals surface area (Å²) in [4.78, 5) is 29.0. The van der Waals surface area contributed by atoms with Gasteiger partial charge in [-0.3, -0.25) is 19.5 Å². The number of hydrogen-bond donors (Lipinski definition) is 1. The van der Waals surface area contributed by atoms with Crippen LogP contribution in [0, 0.1) is 0 Å². The molecule has 1 aliphatic heterocycles. The number of hydrogen-bond acceptors (Lipinski definition) is 5. The molecule has 2 N–H and O–H groups in total. The zero-order valence-corrected chi connectivity index (χ0v) is 11.4. The van der Waals surface area contributed by atoms with Gasteiger partial charge in [0, 0.05) is 12.6 Å². The smallest absolute Gasteiger partial charge is 0.326 e. The molecule has 1 unspecified atom stereocenters. The molecule has 7 heteroatoms. The van der Waals surface area contributed by atoms with Gasteiger partial charge in [0.25, 0.3) is 0 Å². The van der Waals surface area contributed by atoms with Crippen molar-refractivity contribution in [1.82, 2.24) is 4.98 Å². The number of anilines is 1. The number of carbonyl (C=O) groups excluding carboxylic acids is 2. The van der Waals surface area contributed by atoms with Crippen LogP contribution in [0.2, 0.25) is 0 Å². The van der Waals surface area contributed by atoms with E-state index in [9.17, 15) is 9.59 Å². The van der Waals surface area contributed by atoms with Crippen LogP contribution in [0.4, 0.5) is 5.69 Å². The van der Waals surface area contributed by atoms with Crippen LogP contribution < -0.4 is 10.6 Å². The van der Waals surface area contributed by atoms with Gasteiger partial charge in [0.05, 0.1) is 24.0 Å². The molecule has 0 radical (unpaired) electrons. The van der Waals surface area contributed by atoms with Crippen molar-refractivity contribution in [3.8, 4) is 0 Å². The quantitative estimate of drug-likeness (QED) is 0.807. The molecular weight excluding hydrogens is 270 g/mol. The van der Waals surface area contributed by atoms with Gasteiger partial charge in [0.1, 0.15) is 6.54 Å². The monoisotopic (exact) mass is 285 g/mol. The summed E-state index contributed by atoms with van der Waals surface area (Å²) in [6.07, 6.45) is 2.04. The highest BCUT2D eigenvalue weighted by Crippen LogP contribution is 2.25. The number of carbonyl (C=O) groups is 2. The van der Waals surface area contributed by atoms with Crippen LogP contribution in [-0.2, 0) is 20.7 Å². The number of halogens is 1. The summed E-state index contributed by atoms with van der Waals surface area (Å²) >= 11 is 0. The lowest BCUT2D eigenvalue weighted by molar-refractivity contribution is -0.142. The minimum absolute atomic E-state index is 0. The van der Waals surface area contributed by atoms with Crippen LogP contribution in [0.1, 0.15) is 12.6 Å². The molecule has 0 bridgehead atoms. The molecule has 1 aliphatic rings. The van der Waals surface area contributed by atoms with Gasteiger partial charge < -0.3 is 10.5 Å². The maximum Gasteiger partial charge on any atom is 0.326 e. The van der Waals surface area contributed by atoms with Crippen LogP contribution in [0.5, 0.6) is 0 Å². The van der Waals surface area contributed by atoms with E-state index in [1.165, 1.54) is 4.90 Å². The Bertz CT molecular complexity index is 481. The van der Waals surface area contributed by atoms with Crippen LogP contribution in [0.25, 0.3) is 0 Å². The second kappa shape index (κ2) is 6.49. The van der Waals surface area contributed by atoms with Crippen LogP contribution in [-0.4, -0.2) is 36.1 Å². The van der Waals surface area contributed by atoms with E-state index < -0.39 is 12.0 Å². The van der Waals surface area contributed by atoms with E-state index in [1.807, 2.05) is 0 Å². The summed E-state index contributed by atoms with van der Waals surface area (Å²) in [5.41, 5.74) is 7.12. The van der Waals surface area contributed by atoms with E-state index in [-0.39, 0.29) is 31.5 Å². The van der Waals surface area contributed by atoms with Crippen molar-refractivity contribution in [2.45, 2.75) is 19.4 Å². The lowest BCUT2D eigenvalue weighted by Gasteiger charge is -2.30. The predicted octanol–water partition coefficient (Wildman–Crippen LogP) is 0.283. The van der Waals surface area contributed by atoms with Crippen molar-refractivity contribution >= 4 is 30.0 Å². The average Bonchev–Trinajstić information content (AvgIpc) is 2.35. The Kier molecular flexibility index (Phi) is 5.26. The van der Waals surface area contributed by atoms with Gasteiger partial charge in [0.15, 0.2) is 0 Å². The van der Waals surface area contributed by atoms with E-state index in [1.54, 1.807) is 25.3 Å². The zero-order chi connectivity index (χ0) is 13.1. The first-order chi connectivity index (χ1) is 8.63. The Hall–Kier alpha value is -1.66. The van der Waals surface area contributed by atoms with Crippen molar-refractivity contribution in [2.75, 3.05) is 18.1 Å². The largest absolute Gasteiger partial charge is 0.465 e. The van der Waals surface area contributed by atoms with E-state index >= 15 is 0 Å². The maximum absolute atomic E-state index is 12.0. The summed E-state index contributed by atoms with van der Waals surface area (Å²) in [6, 6.07) is 2.83. The fraction of sp³-hybridized carbons (Fsp3) is 0.417. The number of ether oxygens (including phenoxy) is 1. The van der Waals surface area contributed by atoms with Gasteiger partial charge in [-0.1, -0.05) is 0 Å². The third-order valence-corrected chi connectivity index (χ3v) is 2.75. The van der Waals surface area contributed by atoms with Crippen molar-refractivity contribution in [1.29, 1.82) is 0 Å². The van der Waals surface area contributed by atoms with Crippen LogP contribution in [0.15, 0.2) is 18.3 Å². The highest BCUT2D eigenvalue weighted by molar-refractivity contribution is 6.02. The Morgan fingerprint density at radius 2 is 2.37 bits per heavy atom. The summed E-state index contributed by atoms with van der Waals surface area (Å²) in [6.45, 7) is 1.88. The molecule has 2 rings (SSSR count). The minimum atomic E-state index is -0.651. The molecule has 0 aromatic carbocycles. The van der Waals surface area contributed by atoms with Gasteiger partial charge in [-0.05, 0) is 19.1 Å². The topological polar surface area (TPSA) is 85.5 Å². The first kappa shape index (κ1) is 15.4. The summed E-state index contributed by atoms with van der Waals surface area (Å²) < 4.78 is 4.85. The molecule has 0 saturated heterocycles. The van der Waals surface area contributed by atoms with Crippen molar-refractivity contribution in [3.63, 3.8) is 0 Å². The van der Waals surface area contributed by atoms with E-state index in [4.69, 9.17) is 10.5 Å². The molecule has 19 heavy (non-hydrogen) atoms. The van der Waals surface area contributed by atoms with Crippen molar-refractivity contribution < 1.29 is 14.3 Å². The second-order valence-electron chi connectivity index (χ2n) is 4.01. The molecular formula is C12H16ClN3O3. The number of nitrogens with zero attached hydrogens (tertiary/aromatic N) is 2. The third kappa shape index (κ3) is 3.21. The van der Waals surface area contributed by atoms with Crippen LogP contribution in [0.3, 0.4) is 0 Å². The summed E-state index contributed by atoms with van der Waals surface area (Å²) in [5, 5.41) is 0. The molecule has 0 saturated carbocycles. The Balaban J connectivity index is 0.00000180. The average molecular weight is 286 g/mol. The Labute approximate surface area is 117 Å². The van der Waals surface area contributed by atoms with E-state index in [0.717, 1.165) is 5.69 Å². The SMILES string of the molecule is CCOC(=O)CN1C(=O)C(N)Cc2ncccc21.Cl. The molecule has 104 valence electrons. The Morgan fingerprint density at radius 1 is 1.63 bits per heavy atom. The molecule has 1 aromatic heterocycles. The first-order valence-corrected chi connectivity index (χ1v) is 5.80. The number of rotatable bonds is 3. The maximum atomic E-state index is 12.0. The minimum Gasteiger partial charge on any atom is -0.465 e. The van der Waals surface area contributed by atoms with Gasteiger partial charge in [0.2, 0.25) is 5.91 Å². The third-order valence-electron chi connectivity index (χ3n) is 2.75. The zero-order valence-electron chi connectivity index (χ0n) is 10.5. The van der Waals surface area contributed by atoms with Crippen molar-refractivity contribution in [3.05, 3.63) is 24.0 Å². The molecule has 0 aliphatic carbocycles. The molecule has 6 nitrogen and oxygen atoms in total. The predicted molar refractivity (Wildman–Crippen MR) is 72.2 cm³/mol. The number of pyridine rings is 1. The highest BCUT2D eigenvalue weighted by atomic mass is 35.5. The standard InChI is InChI=1S/C12H15N3O3.ClH/c1-2-18-11(16)7-15-10-4-3-5-14-9(10)6-8(13)12(15)17;/h3-5,8H,2,6-7,13H2,1H3;1H. The number of nitrogens with two attached hydrogens (primary N) is 1. The van der Waals surface area contributed by atoms with Gasteiger partial charge in [-0.25, -0.2) is 0 Å². The molecule has 0 fully saturated rings. The normalized spacial score (nSPS) is 17.5. The molecule has 1 amide bonds. The van der Waals surface area contributed by atoms with Crippen LogP contribution >= 0.6 is 12.4 Å². The number of aromatic nitrogens is 1. The van der Waals surface area contributed by atoms with Gasteiger partial charge >= 0.3 is 5.97 Å². The lowest BCUT2D eigenvalue weighted by Crippen LogP contribution is -2.51. The number of amides is 1. The second-order valence-corrected chi connectivity index (χ2v) is 4.01. The first-order valence-electron chi connectivity index (χ1n) is 5.80. The van der Waals surface area contributed by atoms with Gasteiger partial charge in [-0.15, -0.1) is 12.4 Å². The molecule has 0 spiro atoms. The number of fused-ring (bicyclic) bond motifs is 1. The lowest BCUT2D eigenvalue weighted by atomic mass is 10.0.